The Kier molecular flexibility index (Phi) is 7.82. The van der Waals surface area contributed by atoms with Gasteiger partial charge in [-0.1, -0.05) is 50.6 Å². The summed E-state index contributed by atoms with van der Waals surface area (Å²) in [7, 11) is 1.36. The van der Waals surface area contributed by atoms with E-state index in [1.165, 1.54) is 7.11 Å². The molecule has 6 heteroatoms. The van der Waals surface area contributed by atoms with Gasteiger partial charge in [0.2, 0.25) is 11.8 Å². The third-order valence-electron chi connectivity index (χ3n) is 5.38. The molecule has 2 rings (SSSR count). The van der Waals surface area contributed by atoms with Gasteiger partial charge in [0.25, 0.3) is 0 Å². The Bertz CT molecular complexity index is 721. The first-order chi connectivity index (χ1) is 13.6. The third kappa shape index (κ3) is 6.58. The lowest BCUT2D eigenvalue weighted by Crippen LogP contribution is -2.49. The SMILES string of the molecule is COC(=O)C(CNC(=O)C1CCCN(C(=O)C(C)(C)C)C1)Cc1ccc(C)cc1. The van der Waals surface area contributed by atoms with Gasteiger partial charge in [0.1, 0.15) is 0 Å². The predicted octanol–water partition coefficient (Wildman–Crippen LogP) is 2.73. The molecule has 0 radical (unpaired) electrons. The minimum absolute atomic E-state index is 0.0711. The van der Waals surface area contributed by atoms with E-state index in [2.05, 4.69) is 5.32 Å². The fraction of sp³-hybridized carbons (Fsp3) is 0.609. The van der Waals surface area contributed by atoms with Gasteiger partial charge in [0.05, 0.1) is 18.9 Å². The van der Waals surface area contributed by atoms with E-state index in [0.717, 1.165) is 24.0 Å². The average Bonchev–Trinajstić information content (AvgIpc) is 2.70. The second-order valence-electron chi connectivity index (χ2n) is 9.00. The van der Waals surface area contributed by atoms with Crippen LogP contribution in [0.2, 0.25) is 0 Å². The van der Waals surface area contributed by atoms with Gasteiger partial charge in [-0.2, -0.15) is 0 Å². The van der Waals surface area contributed by atoms with E-state index >= 15 is 0 Å². The first kappa shape index (κ1) is 22.9. The van der Waals surface area contributed by atoms with Gasteiger partial charge >= 0.3 is 5.97 Å². The molecule has 0 bridgehead atoms. The Labute approximate surface area is 174 Å². The van der Waals surface area contributed by atoms with Gasteiger partial charge < -0.3 is 15.0 Å². The van der Waals surface area contributed by atoms with Crippen LogP contribution in [0.5, 0.6) is 0 Å². The van der Waals surface area contributed by atoms with Crippen molar-refractivity contribution in [1.82, 2.24) is 10.2 Å². The molecule has 6 nitrogen and oxygen atoms in total. The van der Waals surface area contributed by atoms with E-state index < -0.39 is 11.3 Å². The van der Waals surface area contributed by atoms with E-state index in [9.17, 15) is 14.4 Å². The van der Waals surface area contributed by atoms with Crippen LogP contribution in [0.1, 0.15) is 44.7 Å². The number of nitrogens with one attached hydrogen (secondary N) is 1. The zero-order valence-corrected chi connectivity index (χ0v) is 18.3. The standard InChI is InChI=1S/C23H34N2O4/c1-16-8-10-17(11-9-16)13-19(21(27)29-5)14-24-20(26)18-7-6-12-25(15-18)22(28)23(2,3)4/h8-11,18-19H,6-7,12-15H2,1-5H3,(H,24,26). The lowest BCUT2D eigenvalue weighted by atomic mass is 9.90. The number of likely N-dealkylation sites (tertiary alicyclic amines) is 1. The van der Waals surface area contributed by atoms with E-state index in [1.807, 2.05) is 52.0 Å². The molecule has 1 aromatic rings. The molecular formula is C23H34N2O4. The van der Waals surface area contributed by atoms with Crippen molar-refractivity contribution in [1.29, 1.82) is 0 Å². The molecule has 1 heterocycles. The maximum absolute atomic E-state index is 12.7. The molecule has 1 fully saturated rings. The van der Waals surface area contributed by atoms with Crippen LogP contribution in [0.25, 0.3) is 0 Å². The number of ether oxygens (including phenoxy) is 1. The van der Waals surface area contributed by atoms with Gasteiger partial charge in [0.15, 0.2) is 0 Å². The topological polar surface area (TPSA) is 75.7 Å². The molecule has 1 N–H and O–H groups in total. The van der Waals surface area contributed by atoms with E-state index in [0.29, 0.717) is 19.5 Å². The number of amides is 2. The molecule has 1 aromatic carbocycles. The van der Waals surface area contributed by atoms with Crippen LogP contribution in [0.4, 0.5) is 0 Å². The fourth-order valence-electron chi connectivity index (χ4n) is 3.63. The van der Waals surface area contributed by atoms with Gasteiger partial charge in [0, 0.05) is 25.0 Å². The fourth-order valence-corrected chi connectivity index (χ4v) is 3.63. The second-order valence-corrected chi connectivity index (χ2v) is 9.00. The summed E-state index contributed by atoms with van der Waals surface area (Å²) in [5, 5.41) is 2.92. The Morgan fingerprint density at radius 1 is 1.21 bits per heavy atom. The zero-order valence-electron chi connectivity index (χ0n) is 18.3. The van der Waals surface area contributed by atoms with Gasteiger partial charge in [-0.15, -0.1) is 0 Å². The summed E-state index contributed by atoms with van der Waals surface area (Å²) in [5.74, 6) is -1.05. The van der Waals surface area contributed by atoms with Crippen LogP contribution in [-0.4, -0.2) is 49.4 Å². The summed E-state index contributed by atoms with van der Waals surface area (Å²) in [4.78, 5) is 39.3. The minimum atomic E-state index is -0.456. The number of esters is 1. The van der Waals surface area contributed by atoms with E-state index in [-0.39, 0.29) is 30.2 Å². The lowest BCUT2D eigenvalue weighted by molar-refractivity contribution is -0.145. The molecule has 1 aliphatic heterocycles. The number of nitrogens with zero attached hydrogens (tertiary/aromatic N) is 1. The quantitative estimate of drug-likeness (QED) is 0.743. The first-order valence-electron chi connectivity index (χ1n) is 10.3. The Hall–Kier alpha value is -2.37. The van der Waals surface area contributed by atoms with Crippen molar-refractivity contribution in [2.75, 3.05) is 26.7 Å². The number of hydrogen-bond acceptors (Lipinski definition) is 4. The Morgan fingerprint density at radius 2 is 1.86 bits per heavy atom. The van der Waals surface area contributed by atoms with Crippen molar-refractivity contribution in [3.63, 3.8) is 0 Å². The molecule has 1 aliphatic rings. The highest BCUT2D eigenvalue weighted by molar-refractivity contribution is 5.84. The van der Waals surface area contributed by atoms with Crippen LogP contribution in [-0.2, 0) is 25.5 Å². The summed E-state index contributed by atoms with van der Waals surface area (Å²) in [6.07, 6.45) is 2.07. The Balaban J connectivity index is 1.95. The van der Waals surface area contributed by atoms with Crippen molar-refractivity contribution >= 4 is 17.8 Å². The first-order valence-corrected chi connectivity index (χ1v) is 10.3. The summed E-state index contributed by atoms with van der Waals surface area (Å²) in [5.41, 5.74) is 1.73. The second kappa shape index (κ2) is 9.90. The number of aryl methyl sites for hydroxylation is 1. The summed E-state index contributed by atoms with van der Waals surface area (Å²) in [6, 6.07) is 7.99. The van der Waals surface area contributed by atoms with Crippen LogP contribution >= 0.6 is 0 Å². The maximum atomic E-state index is 12.7. The highest BCUT2D eigenvalue weighted by atomic mass is 16.5. The number of methoxy groups -OCH3 is 1. The van der Waals surface area contributed by atoms with Crippen LogP contribution in [0.3, 0.4) is 0 Å². The van der Waals surface area contributed by atoms with E-state index in [1.54, 1.807) is 4.90 Å². The highest BCUT2D eigenvalue weighted by Gasteiger charge is 2.33. The third-order valence-corrected chi connectivity index (χ3v) is 5.38. The zero-order chi connectivity index (χ0) is 21.6. The van der Waals surface area contributed by atoms with Crippen molar-refractivity contribution < 1.29 is 19.1 Å². The number of carbonyl (C=O) groups excluding carboxylic acids is 3. The molecule has 160 valence electrons. The predicted molar refractivity (Wildman–Crippen MR) is 112 cm³/mol. The average molecular weight is 403 g/mol. The summed E-state index contributed by atoms with van der Waals surface area (Å²) < 4.78 is 4.93. The maximum Gasteiger partial charge on any atom is 0.310 e. The van der Waals surface area contributed by atoms with Crippen LogP contribution in [0.15, 0.2) is 24.3 Å². The number of benzene rings is 1. The van der Waals surface area contributed by atoms with Gasteiger partial charge in [-0.05, 0) is 31.7 Å². The lowest BCUT2D eigenvalue weighted by Gasteiger charge is -2.36. The smallest absolute Gasteiger partial charge is 0.310 e. The molecule has 29 heavy (non-hydrogen) atoms. The normalized spacial score (nSPS) is 18.1. The summed E-state index contributed by atoms with van der Waals surface area (Å²) >= 11 is 0. The summed E-state index contributed by atoms with van der Waals surface area (Å²) in [6.45, 7) is 9.05. The monoisotopic (exact) mass is 402 g/mol. The number of piperidine rings is 1. The van der Waals surface area contributed by atoms with Gasteiger partial charge in [-0.25, -0.2) is 0 Å². The van der Waals surface area contributed by atoms with Crippen LogP contribution in [0, 0.1) is 24.2 Å². The van der Waals surface area contributed by atoms with Crippen molar-refractivity contribution in [3.8, 4) is 0 Å². The molecule has 0 aromatic heterocycles. The number of hydrogen-bond donors (Lipinski definition) is 1. The van der Waals surface area contributed by atoms with Crippen molar-refractivity contribution in [3.05, 3.63) is 35.4 Å². The number of rotatable bonds is 6. The molecular weight excluding hydrogens is 368 g/mol. The molecule has 0 spiro atoms. The number of carbonyl (C=O) groups is 3. The molecule has 2 amide bonds. The molecule has 2 unspecified atom stereocenters. The Morgan fingerprint density at radius 3 is 2.45 bits per heavy atom. The largest absolute Gasteiger partial charge is 0.469 e. The molecule has 1 saturated heterocycles. The highest BCUT2D eigenvalue weighted by Crippen LogP contribution is 2.23. The van der Waals surface area contributed by atoms with Crippen LogP contribution < -0.4 is 5.32 Å². The molecule has 0 aliphatic carbocycles. The molecule has 0 saturated carbocycles. The van der Waals surface area contributed by atoms with Crippen molar-refractivity contribution in [2.45, 2.75) is 47.0 Å². The molecule has 2 atom stereocenters. The van der Waals surface area contributed by atoms with E-state index in [4.69, 9.17) is 4.74 Å². The van der Waals surface area contributed by atoms with Gasteiger partial charge in [-0.3, -0.25) is 14.4 Å². The van der Waals surface area contributed by atoms with Crippen molar-refractivity contribution in [2.24, 2.45) is 17.3 Å². The minimum Gasteiger partial charge on any atom is -0.469 e.